The monoisotopic (exact) mass is 379 g/mol. The third kappa shape index (κ3) is 4.58. The minimum Gasteiger partial charge on any atom is -0.348 e. The van der Waals surface area contributed by atoms with Gasteiger partial charge in [-0.3, -0.25) is 9.59 Å². The van der Waals surface area contributed by atoms with Crippen LogP contribution in [-0.4, -0.2) is 33.8 Å². The number of nitrogens with one attached hydrogen (secondary N) is 2. The van der Waals surface area contributed by atoms with E-state index in [-0.39, 0.29) is 22.9 Å². The van der Waals surface area contributed by atoms with Gasteiger partial charge in [-0.05, 0) is 25.0 Å². The highest BCUT2D eigenvalue weighted by atomic mass is 32.2. The molecule has 2 N–H and O–H groups in total. The van der Waals surface area contributed by atoms with Gasteiger partial charge in [-0.2, -0.15) is 0 Å². The number of carbonyl (C=O) groups excluding carboxylic acids is 2. The predicted molar refractivity (Wildman–Crippen MR) is 97.0 cm³/mol. The summed E-state index contributed by atoms with van der Waals surface area (Å²) in [5, 5.41) is 7.90. The second-order valence-electron chi connectivity index (χ2n) is 5.78. The number of carbonyl (C=O) groups is 2. The molecule has 2 amide bonds. The van der Waals surface area contributed by atoms with Crippen LogP contribution in [0.2, 0.25) is 0 Å². The fourth-order valence-electron chi connectivity index (χ4n) is 2.52. The van der Waals surface area contributed by atoms with Gasteiger partial charge in [0.15, 0.2) is 0 Å². The van der Waals surface area contributed by atoms with Gasteiger partial charge in [0.25, 0.3) is 0 Å². The zero-order valence-corrected chi connectivity index (χ0v) is 15.3. The third-order valence-electron chi connectivity index (χ3n) is 3.83. The molecule has 0 aliphatic carbocycles. The third-order valence-corrected chi connectivity index (χ3v) is 6.11. The Kier molecular flexibility index (Phi) is 5.70. The van der Waals surface area contributed by atoms with Crippen molar-refractivity contribution in [2.45, 2.75) is 31.2 Å². The van der Waals surface area contributed by atoms with Crippen molar-refractivity contribution in [1.82, 2.24) is 15.6 Å². The molecule has 1 aromatic carbocycles. The first-order chi connectivity index (χ1) is 12.0. The molecular formula is C17H18FN3O2S2. The number of hydrogen-bond acceptors (Lipinski definition) is 5. The highest BCUT2D eigenvalue weighted by Gasteiger charge is 2.32. The maximum atomic E-state index is 13.7. The van der Waals surface area contributed by atoms with Gasteiger partial charge in [0, 0.05) is 16.8 Å². The predicted octanol–water partition coefficient (Wildman–Crippen LogP) is 2.05. The minimum atomic E-state index is -0.574. The number of nitrogens with zero attached hydrogens (tertiary/aromatic N) is 1. The lowest BCUT2D eigenvalue weighted by atomic mass is 10.1. The topological polar surface area (TPSA) is 71.1 Å². The Morgan fingerprint density at radius 2 is 2.24 bits per heavy atom. The summed E-state index contributed by atoms with van der Waals surface area (Å²) in [6.45, 7) is 2.25. The van der Waals surface area contributed by atoms with E-state index in [1.807, 2.05) is 12.3 Å². The number of aromatic nitrogens is 1. The average Bonchev–Trinajstić information content (AvgIpc) is 3.02. The van der Waals surface area contributed by atoms with Crippen molar-refractivity contribution in [2.75, 3.05) is 5.75 Å². The molecule has 132 valence electrons. The van der Waals surface area contributed by atoms with E-state index in [9.17, 15) is 14.0 Å². The number of benzene rings is 1. The minimum absolute atomic E-state index is 0.224. The van der Waals surface area contributed by atoms with Crippen LogP contribution in [0.4, 0.5) is 4.39 Å². The molecule has 2 atom stereocenters. The van der Waals surface area contributed by atoms with E-state index >= 15 is 0 Å². The van der Waals surface area contributed by atoms with Gasteiger partial charge in [0.2, 0.25) is 11.8 Å². The van der Waals surface area contributed by atoms with Gasteiger partial charge in [0.1, 0.15) is 16.9 Å². The van der Waals surface area contributed by atoms with Crippen LogP contribution in [-0.2, 0) is 22.6 Å². The molecule has 0 saturated carbocycles. The Hall–Kier alpha value is -1.93. The van der Waals surface area contributed by atoms with E-state index in [2.05, 4.69) is 15.6 Å². The van der Waals surface area contributed by atoms with Crippen molar-refractivity contribution in [1.29, 1.82) is 0 Å². The summed E-state index contributed by atoms with van der Waals surface area (Å²) < 4.78 is 13.7. The molecule has 0 radical (unpaired) electrons. The normalized spacial score (nSPS) is 20.2. The number of amides is 2. The van der Waals surface area contributed by atoms with Gasteiger partial charge in [-0.25, -0.2) is 9.37 Å². The summed E-state index contributed by atoms with van der Waals surface area (Å²) in [5.41, 5.74) is 1.43. The fraction of sp³-hybridized carbons (Fsp3) is 0.353. The van der Waals surface area contributed by atoms with Gasteiger partial charge >= 0.3 is 0 Å². The van der Waals surface area contributed by atoms with Crippen LogP contribution in [0.25, 0.3) is 0 Å². The van der Waals surface area contributed by atoms with Crippen LogP contribution in [0.1, 0.15) is 16.3 Å². The number of hydrogen-bond donors (Lipinski definition) is 2. The lowest BCUT2D eigenvalue weighted by Gasteiger charge is -2.28. The molecule has 1 aromatic heterocycles. The second kappa shape index (κ2) is 7.97. The van der Waals surface area contributed by atoms with Crippen molar-refractivity contribution < 1.29 is 14.0 Å². The summed E-state index contributed by atoms with van der Waals surface area (Å²) in [6, 6.07) is 5.86. The average molecular weight is 379 g/mol. The first kappa shape index (κ1) is 17.9. The largest absolute Gasteiger partial charge is 0.348 e. The fourth-order valence-corrected chi connectivity index (χ4v) is 4.41. The van der Waals surface area contributed by atoms with E-state index in [0.717, 1.165) is 10.7 Å². The van der Waals surface area contributed by atoms with Crippen LogP contribution in [0.5, 0.6) is 0 Å². The van der Waals surface area contributed by atoms with Gasteiger partial charge in [-0.1, -0.05) is 18.2 Å². The molecule has 0 unspecified atom stereocenters. The second-order valence-corrected chi connectivity index (χ2v) is 7.96. The van der Waals surface area contributed by atoms with E-state index in [1.165, 1.54) is 29.2 Å². The molecule has 5 nitrogen and oxygen atoms in total. The molecule has 25 heavy (non-hydrogen) atoms. The molecule has 1 saturated heterocycles. The van der Waals surface area contributed by atoms with Crippen LogP contribution in [0, 0.1) is 12.7 Å². The molecule has 8 heteroatoms. The van der Waals surface area contributed by atoms with Gasteiger partial charge in [-0.15, -0.1) is 23.1 Å². The highest BCUT2D eigenvalue weighted by Crippen LogP contribution is 2.23. The number of thioether (sulfide) groups is 1. The van der Waals surface area contributed by atoms with E-state index < -0.39 is 6.04 Å². The van der Waals surface area contributed by atoms with Crippen molar-refractivity contribution in [3.8, 4) is 0 Å². The Morgan fingerprint density at radius 3 is 2.92 bits per heavy atom. The van der Waals surface area contributed by atoms with Crippen molar-refractivity contribution >= 4 is 34.9 Å². The summed E-state index contributed by atoms with van der Waals surface area (Å²) in [6.07, 6.45) is 0.315. The highest BCUT2D eigenvalue weighted by molar-refractivity contribution is 8.00. The summed E-state index contributed by atoms with van der Waals surface area (Å²) in [4.78, 5) is 28.8. The smallest absolute Gasteiger partial charge is 0.243 e. The summed E-state index contributed by atoms with van der Waals surface area (Å²) in [7, 11) is 0. The van der Waals surface area contributed by atoms with Crippen molar-refractivity contribution in [3.63, 3.8) is 0 Å². The maximum absolute atomic E-state index is 13.7. The number of aryl methyl sites for hydroxylation is 1. The van der Waals surface area contributed by atoms with E-state index in [1.54, 1.807) is 18.2 Å². The zero-order valence-electron chi connectivity index (χ0n) is 13.6. The lowest BCUT2D eigenvalue weighted by Crippen LogP contribution is -2.54. The van der Waals surface area contributed by atoms with E-state index in [0.29, 0.717) is 24.3 Å². The summed E-state index contributed by atoms with van der Waals surface area (Å²) >= 11 is 2.87. The Bertz CT molecular complexity index is 781. The SMILES string of the molecule is Cc1csc(CNC(=O)[C@@H]2CS[C@H](Cc3ccccc3F)C(=O)N2)n1. The van der Waals surface area contributed by atoms with Crippen molar-refractivity contribution in [2.24, 2.45) is 0 Å². The van der Waals surface area contributed by atoms with Gasteiger partial charge in [0.05, 0.1) is 11.8 Å². The zero-order chi connectivity index (χ0) is 17.8. The van der Waals surface area contributed by atoms with E-state index in [4.69, 9.17) is 0 Å². The van der Waals surface area contributed by atoms with Crippen LogP contribution in [0.15, 0.2) is 29.6 Å². The number of halogens is 1. The molecule has 0 bridgehead atoms. The Balaban J connectivity index is 1.51. The summed E-state index contributed by atoms with van der Waals surface area (Å²) in [5.74, 6) is -0.301. The molecule has 1 aliphatic heterocycles. The first-order valence-corrected chi connectivity index (χ1v) is 9.80. The Morgan fingerprint density at radius 1 is 1.44 bits per heavy atom. The molecule has 3 rings (SSSR count). The quantitative estimate of drug-likeness (QED) is 0.834. The van der Waals surface area contributed by atoms with Gasteiger partial charge < -0.3 is 10.6 Å². The standard InChI is InChI=1S/C17H18FN3O2S2/c1-10-8-25-15(20-10)7-19-16(22)13-9-24-14(17(23)21-13)6-11-4-2-3-5-12(11)18/h2-5,8,13-14H,6-7,9H2,1H3,(H,19,22)(H,21,23)/t13-,14+/m0/s1. The Labute approximate surface area is 153 Å². The van der Waals surface area contributed by atoms with Crippen LogP contribution in [0.3, 0.4) is 0 Å². The molecule has 0 spiro atoms. The molecule has 1 aliphatic rings. The number of thiazole rings is 1. The van der Waals surface area contributed by atoms with Crippen molar-refractivity contribution in [3.05, 3.63) is 51.7 Å². The maximum Gasteiger partial charge on any atom is 0.243 e. The van der Waals surface area contributed by atoms with Crippen LogP contribution >= 0.6 is 23.1 Å². The first-order valence-electron chi connectivity index (χ1n) is 7.87. The molecular weight excluding hydrogens is 361 g/mol. The lowest BCUT2D eigenvalue weighted by molar-refractivity contribution is -0.128. The molecule has 2 heterocycles. The molecule has 2 aromatic rings. The van der Waals surface area contributed by atoms with Crippen LogP contribution < -0.4 is 10.6 Å². The number of rotatable bonds is 5. The molecule has 1 fully saturated rings.